The van der Waals surface area contributed by atoms with Crippen LogP contribution in [-0.4, -0.2) is 57.6 Å². The minimum atomic E-state index is -1.16. The SMILES string of the molecule is CC(=O)N1C[C@H](O)C[C@H]1C(=O)N[C@H](Cc1cccc(Br)c1)C(=O)O. The van der Waals surface area contributed by atoms with Gasteiger partial charge in [0.05, 0.1) is 6.10 Å². The number of carboxylic acid groups (broad SMARTS) is 1. The number of halogens is 1. The molecule has 3 atom stereocenters. The molecular weight excluding hydrogens is 380 g/mol. The Hall–Kier alpha value is -1.93. The maximum absolute atomic E-state index is 12.4. The fourth-order valence-corrected chi connectivity index (χ4v) is 3.22. The van der Waals surface area contributed by atoms with Crippen LogP contribution < -0.4 is 5.32 Å². The minimum Gasteiger partial charge on any atom is -0.480 e. The van der Waals surface area contributed by atoms with Crippen LogP contribution in [0.2, 0.25) is 0 Å². The highest BCUT2D eigenvalue weighted by Gasteiger charge is 2.38. The lowest BCUT2D eigenvalue weighted by Gasteiger charge is -2.24. The highest BCUT2D eigenvalue weighted by atomic mass is 79.9. The van der Waals surface area contributed by atoms with Crippen molar-refractivity contribution in [3.63, 3.8) is 0 Å². The lowest BCUT2D eigenvalue weighted by molar-refractivity contribution is -0.143. The second-order valence-corrected chi connectivity index (χ2v) is 6.73. The Morgan fingerprint density at radius 3 is 2.71 bits per heavy atom. The average molecular weight is 399 g/mol. The first kappa shape index (κ1) is 18.4. The number of hydrogen-bond acceptors (Lipinski definition) is 4. The molecule has 0 radical (unpaired) electrons. The zero-order chi connectivity index (χ0) is 17.9. The average Bonchev–Trinajstić information content (AvgIpc) is 2.89. The van der Waals surface area contributed by atoms with E-state index in [0.29, 0.717) is 0 Å². The molecule has 1 saturated heterocycles. The molecule has 0 bridgehead atoms. The van der Waals surface area contributed by atoms with Crippen LogP contribution in [0.3, 0.4) is 0 Å². The van der Waals surface area contributed by atoms with Gasteiger partial charge < -0.3 is 20.4 Å². The van der Waals surface area contributed by atoms with Crippen LogP contribution in [0.25, 0.3) is 0 Å². The lowest BCUT2D eigenvalue weighted by Crippen LogP contribution is -2.51. The molecule has 0 saturated carbocycles. The van der Waals surface area contributed by atoms with E-state index in [-0.39, 0.29) is 25.3 Å². The number of carbonyl (C=O) groups is 3. The standard InChI is InChI=1S/C16H19BrN2O5/c1-9(20)19-8-12(21)7-14(19)15(22)18-13(16(23)24)6-10-3-2-4-11(17)5-10/h2-5,12-14,21H,6-8H2,1H3,(H,18,22)(H,23,24)/t12-,13-,14+/m1/s1. The van der Waals surface area contributed by atoms with E-state index in [2.05, 4.69) is 21.2 Å². The molecule has 1 aliphatic heterocycles. The Morgan fingerprint density at radius 1 is 1.42 bits per heavy atom. The zero-order valence-corrected chi connectivity index (χ0v) is 14.7. The molecule has 0 aromatic heterocycles. The zero-order valence-electron chi connectivity index (χ0n) is 13.1. The van der Waals surface area contributed by atoms with Crippen molar-refractivity contribution in [2.45, 2.75) is 38.0 Å². The first-order chi connectivity index (χ1) is 11.3. The fraction of sp³-hybridized carbons (Fsp3) is 0.438. The van der Waals surface area contributed by atoms with Gasteiger partial charge in [-0.2, -0.15) is 0 Å². The van der Waals surface area contributed by atoms with Crippen LogP contribution in [-0.2, 0) is 20.8 Å². The first-order valence-corrected chi connectivity index (χ1v) is 8.30. The number of rotatable bonds is 5. The first-order valence-electron chi connectivity index (χ1n) is 7.51. The molecule has 0 unspecified atom stereocenters. The third-order valence-electron chi connectivity index (χ3n) is 3.93. The summed E-state index contributed by atoms with van der Waals surface area (Å²) in [5.74, 6) is -2.05. The van der Waals surface area contributed by atoms with E-state index in [0.717, 1.165) is 10.0 Å². The summed E-state index contributed by atoms with van der Waals surface area (Å²) in [6.07, 6.45) is -0.553. The third kappa shape index (κ3) is 4.55. The van der Waals surface area contributed by atoms with E-state index in [1.54, 1.807) is 18.2 Å². The fourth-order valence-electron chi connectivity index (χ4n) is 2.78. The summed E-state index contributed by atoms with van der Waals surface area (Å²) in [7, 11) is 0. The molecule has 3 N–H and O–H groups in total. The van der Waals surface area contributed by atoms with Crippen molar-refractivity contribution >= 4 is 33.7 Å². The van der Waals surface area contributed by atoms with Gasteiger partial charge in [0.25, 0.3) is 0 Å². The maximum Gasteiger partial charge on any atom is 0.326 e. The number of β-amino-alcohol motifs (C(OH)–C–C–N with tert-alkyl or cyclic N) is 1. The van der Waals surface area contributed by atoms with Crippen LogP contribution in [0.1, 0.15) is 18.9 Å². The highest BCUT2D eigenvalue weighted by Crippen LogP contribution is 2.19. The predicted octanol–water partition coefficient (Wildman–Crippen LogP) is 0.543. The van der Waals surface area contributed by atoms with Crippen molar-refractivity contribution in [1.82, 2.24) is 10.2 Å². The molecule has 2 rings (SSSR count). The second kappa shape index (κ2) is 7.76. The van der Waals surface area contributed by atoms with Gasteiger partial charge >= 0.3 is 5.97 Å². The lowest BCUT2D eigenvalue weighted by atomic mass is 10.1. The van der Waals surface area contributed by atoms with Gasteiger partial charge in [0, 0.05) is 30.8 Å². The third-order valence-corrected chi connectivity index (χ3v) is 4.42. The molecule has 1 aromatic carbocycles. The monoisotopic (exact) mass is 398 g/mol. The summed E-state index contributed by atoms with van der Waals surface area (Å²) in [5.41, 5.74) is 0.756. The largest absolute Gasteiger partial charge is 0.480 e. The molecule has 1 aromatic rings. The topological polar surface area (TPSA) is 107 Å². The molecule has 0 aliphatic carbocycles. The van der Waals surface area contributed by atoms with E-state index in [4.69, 9.17) is 0 Å². The van der Waals surface area contributed by atoms with Crippen molar-refractivity contribution < 1.29 is 24.6 Å². The predicted molar refractivity (Wildman–Crippen MR) is 89.2 cm³/mol. The molecule has 0 spiro atoms. The number of hydrogen-bond donors (Lipinski definition) is 3. The van der Waals surface area contributed by atoms with Crippen LogP contribution in [0.15, 0.2) is 28.7 Å². The van der Waals surface area contributed by atoms with Crippen molar-refractivity contribution in [2.75, 3.05) is 6.54 Å². The van der Waals surface area contributed by atoms with Gasteiger partial charge in [-0.05, 0) is 17.7 Å². The number of amides is 2. The Balaban J connectivity index is 2.08. The molecule has 1 fully saturated rings. The Kier molecular flexibility index (Phi) is 5.95. The van der Waals surface area contributed by atoms with Gasteiger partial charge in [-0.1, -0.05) is 28.1 Å². The van der Waals surface area contributed by atoms with E-state index in [1.165, 1.54) is 11.8 Å². The van der Waals surface area contributed by atoms with Crippen LogP contribution in [0.4, 0.5) is 0 Å². The van der Waals surface area contributed by atoms with Crippen molar-refractivity contribution in [3.8, 4) is 0 Å². The number of aliphatic carboxylic acids is 1. The van der Waals surface area contributed by atoms with Crippen molar-refractivity contribution in [3.05, 3.63) is 34.3 Å². The molecule has 1 heterocycles. The number of nitrogens with zero attached hydrogens (tertiary/aromatic N) is 1. The number of likely N-dealkylation sites (tertiary alicyclic amines) is 1. The van der Waals surface area contributed by atoms with Gasteiger partial charge in [0.2, 0.25) is 11.8 Å². The summed E-state index contributed by atoms with van der Waals surface area (Å²) < 4.78 is 0.817. The normalized spacial score (nSPS) is 21.4. The molecule has 1 aliphatic rings. The van der Waals surface area contributed by atoms with Gasteiger partial charge in [-0.3, -0.25) is 9.59 Å². The molecule has 2 amide bonds. The Bertz CT molecular complexity index is 651. The van der Waals surface area contributed by atoms with Crippen LogP contribution in [0.5, 0.6) is 0 Å². The van der Waals surface area contributed by atoms with E-state index < -0.39 is 30.1 Å². The van der Waals surface area contributed by atoms with Crippen LogP contribution >= 0.6 is 15.9 Å². The Labute approximate surface area is 147 Å². The van der Waals surface area contributed by atoms with E-state index in [1.807, 2.05) is 6.07 Å². The summed E-state index contributed by atoms with van der Waals surface area (Å²) >= 11 is 3.32. The maximum atomic E-state index is 12.4. The molecule has 8 heteroatoms. The van der Waals surface area contributed by atoms with E-state index >= 15 is 0 Å². The second-order valence-electron chi connectivity index (χ2n) is 5.81. The quantitative estimate of drug-likeness (QED) is 0.670. The number of aliphatic hydroxyl groups excluding tert-OH is 1. The van der Waals surface area contributed by atoms with Crippen molar-refractivity contribution in [2.24, 2.45) is 0 Å². The van der Waals surface area contributed by atoms with Crippen LogP contribution in [0, 0.1) is 0 Å². The number of nitrogens with one attached hydrogen (secondary N) is 1. The summed E-state index contributed by atoms with van der Waals surface area (Å²) in [4.78, 5) is 36.7. The molecular formula is C16H19BrN2O5. The minimum absolute atomic E-state index is 0.0801. The number of carbonyl (C=O) groups excluding carboxylic acids is 2. The van der Waals surface area contributed by atoms with Crippen molar-refractivity contribution in [1.29, 1.82) is 0 Å². The number of benzene rings is 1. The van der Waals surface area contributed by atoms with E-state index in [9.17, 15) is 24.6 Å². The van der Waals surface area contributed by atoms with Gasteiger partial charge in [0.1, 0.15) is 12.1 Å². The van der Waals surface area contributed by atoms with Gasteiger partial charge in [-0.25, -0.2) is 4.79 Å². The van der Waals surface area contributed by atoms with Gasteiger partial charge in [0.15, 0.2) is 0 Å². The molecule has 24 heavy (non-hydrogen) atoms. The highest BCUT2D eigenvalue weighted by molar-refractivity contribution is 9.10. The summed E-state index contributed by atoms with van der Waals surface area (Å²) in [6, 6.07) is 5.20. The van der Waals surface area contributed by atoms with Gasteiger partial charge in [-0.15, -0.1) is 0 Å². The smallest absolute Gasteiger partial charge is 0.326 e. The number of aliphatic hydroxyl groups is 1. The molecule has 7 nitrogen and oxygen atoms in total. The number of carboxylic acids is 1. The molecule has 130 valence electrons. The Morgan fingerprint density at radius 2 is 2.12 bits per heavy atom. The summed E-state index contributed by atoms with van der Waals surface area (Å²) in [5, 5.41) is 21.5. The summed E-state index contributed by atoms with van der Waals surface area (Å²) in [6.45, 7) is 1.39.